The van der Waals surface area contributed by atoms with Gasteiger partial charge >= 0.3 is 0 Å². The number of carbonyl (C=O) groups excluding carboxylic acids is 1. The SMILES string of the molecule is CCNc1ccc(C(=O)N2CCC(C(C)C)CC2)nn1. The van der Waals surface area contributed by atoms with E-state index >= 15 is 0 Å². The lowest BCUT2D eigenvalue weighted by atomic mass is 9.86. The number of nitrogens with zero attached hydrogens (tertiary/aromatic N) is 3. The second-order valence-electron chi connectivity index (χ2n) is 5.71. The van der Waals surface area contributed by atoms with Gasteiger partial charge in [0.15, 0.2) is 5.69 Å². The molecule has 1 aromatic rings. The summed E-state index contributed by atoms with van der Waals surface area (Å²) in [5.41, 5.74) is 0.439. The summed E-state index contributed by atoms with van der Waals surface area (Å²) < 4.78 is 0. The number of likely N-dealkylation sites (tertiary alicyclic amines) is 1. The van der Waals surface area contributed by atoms with Crippen molar-refractivity contribution >= 4 is 11.7 Å². The summed E-state index contributed by atoms with van der Waals surface area (Å²) in [6, 6.07) is 3.56. The first-order valence-corrected chi connectivity index (χ1v) is 7.48. The molecule has 0 aromatic carbocycles. The Bertz CT molecular complexity index is 436. The zero-order valence-corrected chi connectivity index (χ0v) is 12.6. The Kier molecular flexibility index (Phi) is 4.93. The van der Waals surface area contributed by atoms with Gasteiger partial charge in [0, 0.05) is 19.6 Å². The molecule has 1 N–H and O–H groups in total. The molecule has 1 aliphatic heterocycles. The average molecular weight is 276 g/mol. The highest BCUT2D eigenvalue weighted by Gasteiger charge is 2.25. The summed E-state index contributed by atoms with van der Waals surface area (Å²) in [7, 11) is 0. The lowest BCUT2D eigenvalue weighted by Crippen LogP contribution is -2.39. The van der Waals surface area contributed by atoms with Crippen LogP contribution < -0.4 is 5.32 Å². The summed E-state index contributed by atoms with van der Waals surface area (Å²) in [5.74, 6) is 2.15. The highest BCUT2D eigenvalue weighted by molar-refractivity contribution is 5.92. The minimum Gasteiger partial charge on any atom is -0.369 e. The first-order valence-electron chi connectivity index (χ1n) is 7.48. The highest BCUT2D eigenvalue weighted by Crippen LogP contribution is 2.25. The van der Waals surface area contributed by atoms with Gasteiger partial charge in [-0.3, -0.25) is 4.79 Å². The molecule has 20 heavy (non-hydrogen) atoms. The van der Waals surface area contributed by atoms with Crippen molar-refractivity contribution in [2.75, 3.05) is 25.0 Å². The Balaban J connectivity index is 1.94. The smallest absolute Gasteiger partial charge is 0.274 e. The number of carbonyl (C=O) groups is 1. The number of piperidine rings is 1. The number of nitrogens with one attached hydrogen (secondary N) is 1. The topological polar surface area (TPSA) is 58.1 Å². The van der Waals surface area contributed by atoms with E-state index in [2.05, 4.69) is 29.4 Å². The van der Waals surface area contributed by atoms with Crippen molar-refractivity contribution in [3.63, 3.8) is 0 Å². The molecule has 2 rings (SSSR count). The number of hydrogen-bond acceptors (Lipinski definition) is 4. The van der Waals surface area contributed by atoms with Crippen molar-refractivity contribution in [3.8, 4) is 0 Å². The summed E-state index contributed by atoms with van der Waals surface area (Å²) in [6.45, 7) is 8.97. The van der Waals surface area contributed by atoms with E-state index in [0.717, 1.165) is 38.4 Å². The van der Waals surface area contributed by atoms with Crippen molar-refractivity contribution in [2.45, 2.75) is 33.6 Å². The van der Waals surface area contributed by atoms with Crippen molar-refractivity contribution in [2.24, 2.45) is 11.8 Å². The number of hydrogen-bond donors (Lipinski definition) is 1. The Labute approximate surface area is 120 Å². The summed E-state index contributed by atoms with van der Waals surface area (Å²) in [5, 5.41) is 11.1. The molecule has 0 spiro atoms. The standard InChI is InChI=1S/C15H24N4O/c1-4-16-14-6-5-13(17-18-14)15(20)19-9-7-12(8-10-19)11(2)3/h5-6,11-12H,4,7-10H2,1-3H3,(H,16,18). The average Bonchev–Trinajstić information content (AvgIpc) is 2.48. The fourth-order valence-corrected chi connectivity index (χ4v) is 2.65. The Morgan fingerprint density at radius 3 is 2.55 bits per heavy atom. The van der Waals surface area contributed by atoms with Gasteiger partial charge in [0.25, 0.3) is 5.91 Å². The van der Waals surface area contributed by atoms with Gasteiger partial charge in [-0.2, -0.15) is 0 Å². The van der Waals surface area contributed by atoms with Crippen molar-refractivity contribution in [3.05, 3.63) is 17.8 Å². The predicted octanol–water partition coefficient (Wildman–Crippen LogP) is 2.42. The van der Waals surface area contributed by atoms with Gasteiger partial charge in [0.05, 0.1) is 0 Å². The molecule has 1 amide bonds. The molecule has 0 saturated carbocycles. The predicted molar refractivity (Wildman–Crippen MR) is 79.7 cm³/mol. The van der Waals surface area contributed by atoms with Crippen LogP contribution in [0.15, 0.2) is 12.1 Å². The van der Waals surface area contributed by atoms with Crippen LogP contribution >= 0.6 is 0 Å². The van der Waals surface area contributed by atoms with E-state index < -0.39 is 0 Å². The zero-order valence-electron chi connectivity index (χ0n) is 12.6. The third-order valence-electron chi connectivity index (χ3n) is 4.01. The van der Waals surface area contributed by atoms with E-state index in [9.17, 15) is 4.79 Å². The Morgan fingerprint density at radius 2 is 2.05 bits per heavy atom. The summed E-state index contributed by atoms with van der Waals surface area (Å²) in [6.07, 6.45) is 2.18. The van der Waals surface area contributed by atoms with Crippen molar-refractivity contribution in [1.29, 1.82) is 0 Å². The number of aromatic nitrogens is 2. The zero-order chi connectivity index (χ0) is 14.5. The molecule has 5 heteroatoms. The van der Waals surface area contributed by atoms with Crippen LogP contribution in [0, 0.1) is 11.8 Å². The van der Waals surface area contributed by atoms with Gasteiger partial charge in [-0.15, -0.1) is 10.2 Å². The van der Waals surface area contributed by atoms with Gasteiger partial charge in [-0.1, -0.05) is 13.8 Å². The highest BCUT2D eigenvalue weighted by atomic mass is 16.2. The lowest BCUT2D eigenvalue weighted by Gasteiger charge is -2.33. The summed E-state index contributed by atoms with van der Waals surface area (Å²) in [4.78, 5) is 14.2. The molecule has 2 heterocycles. The van der Waals surface area contributed by atoms with Crippen molar-refractivity contribution < 1.29 is 4.79 Å². The molecule has 110 valence electrons. The molecule has 0 bridgehead atoms. The molecule has 1 fully saturated rings. The van der Waals surface area contributed by atoms with E-state index in [1.165, 1.54) is 0 Å². The van der Waals surface area contributed by atoms with Gasteiger partial charge < -0.3 is 10.2 Å². The Hall–Kier alpha value is -1.65. The van der Waals surface area contributed by atoms with E-state index in [1.807, 2.05) is 17.9 Å². The van der Waals surface area contributed by atoms with Gasteiger partial charge in [0.2, 0.25) is 0 Å². The van der Waals surface area contributed by atoms with Crippen LogP contribution in [-0.2, 0) is 0 Å². The van der Waals surface area contributed by atoms with Crippen LogP contribution in [0.1, 0.15) is 44.1 Å². The largest absolute Gasteiger partial charge is 0.369 e. The third-order valence-corrected chi connectivity index (χ3v) is 4.01. The monoisotopic (exact) mass is 276 g/mol. The third kappa shape index (κ3) is 3.46. The molecule has 1 saturated heterocycles. The fraction of sp³-hybridized carbons (Fsp3) is 0.667. The molecular formula is C15H24N4O. The number of rotatable bonds is 4. The van der Waals surface area contributed by atoms with Crippen LogP contribution in [-0.4, -0.2) is 40.6 Å². The maximum atomic E-state index is 12.3. The van der Waals surface area contributed by atoms with Crippen LogP contribution in [0.25, 0.3) is 0 Å². The van der Waals surface area contributed by atoms with E-state index in [-0.39, 0.29) is 5.91 Å². The molecule has 1 aliphatic rings. The summed E-state index contributed by atoms with van der Waals surface area (Å²) >= 11 is 0. The van der Waals surface area contributed by atoms with E-state index in [4.69, 9.17) is 0 Å². The van der Waals surface area contributed by atoms with Crippen LogP contribution in [0.5, 0.6) is 0 Å². The Morgan fingerprint density at radius 1 is 1.35 bits per heavy atom. The molecule has 0 atom stereocenters. The maximum Gasteiger partial charge on any atom is 0.274 e. The maximum absolute atomic E-state index is 12.3. The molecular weight excluding hydrogens is 252 g/mol. The second-order valence-corrected chi connectivity index (χ2v) is 5.71. The van der Waals surface area contributed by atoms with Gasteiger partial charge in [-0.25, -0.2) is 0 Å². The van der Waals surface area contributed by atoms with Gasteiger partial charge in [0.1, 0.15) is 5.82 Å². The lowest BCUT2D eigenvalue weighted by molar-refractivity contribution is 0.0660. The number of amides is 1. The molecule has 1 aromatic heterocycles. The quantitative estimate of drug-likeness (QED) is 0.917. The van der Waals surface area contributed by atoms with E-state index in [1.54, 1.807) is 6.07 Å². The minimum absolute atomic E-state index is 0.00255. The van der Waals surface area contributed by atoms with Crippen LogP contribution in [0.4, 0.5) is 5.82 Å². The minimum atomic E-state index is 0.00255. The van der Waals surface area contributed by atoms with Gasteiger partial charge in [-0.05, 0) is 43.7 Å². The second kappa shape index (κ2) is 6.68. The van der Waals surface area contributed by atoms with Crippen LogP contribution in [0.2, 0.25) is 0 Å². The molecule has 0 unspecified atom stereocenters. The molecule has 0 aliphatic carbocycles. The van der Waals surface area contributed by atoms with E-state index in [0.29, 0.717) is 17.4 Å². The number of anilines is 1. The first-order chi connectivity index (χ1) is 9.61. The van der Waals surface area contributed by atoms with Crippen LogP contribution in [0.3, 0.4) is 0 Å². The van der Waals surface area contributed by atoms with Crippen molar-refractivity contribution in [1.82, 2.24) is 15.1 Å². The normalized spacial score (nSPS) is 16.5. The molecule has 5 nitrogen and oxygen atoms in total. The molecule has 0 radical (unpaired) electrons. The fourth-order valence-electron chi connectivity index (χ4n) is 2.65. The first kappa shape index (κ1) is 14.8.